The Morgan fingerprint density at radius 3 is 2.80 bits per heavy atom. The zero-order valence-electron chi connectivity index (χ0n) is 10.7. The van der Waals surface area contributed by atoms with E-state index < -0.39 is 11.7 Å². The monoisotopic (exact) mass is 338 g/mol. The molecule has 0 aliphatic heterocycles. The van der Waals surface area contributed by atoms with Crippen LogP contribution >= 0.6 is 15.9 Å². The molecule has 0 fully saturated rings. The molecule has 0 radical (unpaired) electrons. The van der Waals surface area contributed by atoms with E-state index in [1.54, 1.807) is 12.1 Å². The molecule has 1 aromatic heterocycles. The van der Waals surface area contributed by atoms with Crippen molar-refractivity contribution in [1.82, 2.24) is 4.98 Å². The second-order valence-electron chi connectivity index (χ2n) is 3.90. The van der Waals surface area contributed by atoms with Gasteiger partial charge in [0.05, 0.1) is 23.0 Å². The van der Waals surface area contributed by atoms with E-state index in [0.717, 1.165) is 0 Å². The average Bonchev–Trinajstić information content (AvgIpc) is 2.44. The number of nitrogens with zero attached hydrogens (tertiary/aromatic N) is 1. The summed E-state index contributed by atoms with van der Waals surface area (Å²) in [5, 5.41) is 2.64. The molecule has 4 nitrogen and oxygen atoms in total. The number of hydrogen-bond donors (Lipinski definition) is 1. The molecule has 104 valence electrons. The van der Waals surface area contributed by atoms with Crippen molar-refractivity contribution in [1.29, 1.82) is 0 Å². The predicted octanol–water partition coefficient (Wildman–Crippen LogP) is 3.63. The molecule has 0 aliphatic carbocycles. The summed E-state index contributed by atoms with van der Waals surface area (Å²) in [4.78, 5) is 16.0. The first-order chi connectivity index (χ1) is 9.60. The molecule has 1 amide bonds. The smallest absolute Gasteiger partial charge is 0.255 e. The van der Waals surface area contributed by atoms with Gasteiger partial charge in [0.25, 0.3) is 5.91 Å². The van der Waals surface area contributed by atoms with Crippen LogP contribution < -0.4 is 10.1 Å². The minimum Gasteiger partial charge on any atom is -0.478 e. The first-order valence-corrected chi connectivity index (χ1v) is 6.74. The van der Waals surface area contributed by atoms with Crippen LogP contribution in [0.4, 0.5) is 10.1 Å². The van der Waals surface area contributed by atoms with Gasteiger partial charge in [0.2, 0.25) is 5.88 Å². The van der Waals surface area contributed by atoms with Gasteiger partial charge in [0.15, 0.2) is 0 Å². The summed E-state index contributed by atoms with van der Waals surface area (Å²) in [6.07, 6.45) is 1.48. The highest BCUT2D eigenvalue weighted by atomic mass is 79.9. The Hall–Kier alpha value is -1.95. The topological polar surface area (TPSA) is 51.2 Å². The summed E-state index contributed by atoms with van der Waals surface area (Å²) >= 11 is 3.04. The van der Waals surface area contributed by atoms with Gasteiger partial charge in [-0.2, -0.15) is 0 Å². The van der Waals surface area contributed by atoms with Crippen LogP contribution in [0.15, 0.2) is 41.0 Å². The molecule has 0 spiro atoms. The number of nitrogens with one attached hydrogen (secondary N) is 1. The Kier molecular flexibility index (Phi) is 4.68. The Labute approximate surface area is 124 Å². The van der Waals surface area contributed by atoms with E-state index in [0.29, 0.717) is 22.6 Å². The van der Waals surface area contributed by atoms with E-state index in [4.69, 9.17) is 4.74 Å². The molecule has 0 unspecified atom stereocenters. The largest absolute Gasteiger partial charge is 0.478 e. The number of benzene rings is 1. The van der Waals surface area contributed by atoms with Crippen LogP contribution in [0.3, 0.4) is 0 Å². The molecular weight excluding hydrogens is 327 g/mol. The SMILES string of the molecule is CCOc1ccc(NC(=O)c2ccc(Br)c(F)c2)cn1. The summed E-state index contributed by atoms with van der Waals surface area (Å²) < 4.78 is 18.9. The first-order valence-electron chi connectivity index (χ1n) is 5.95. The quantitative estimate of drug-likeness (QED) is 0.925. The second kappa shape index (κ2) is 6.47. The number of carbonyl (C=O) groups is 1. The van der Waals surface area contributed by atoms with Gasteiger partial charge in [-0.25, -0.2) is 9.37 Å². The Morgan fingerprint density at radius 2 is 2.20 bits per heavy atom. The van der Waals surface area contributed by atoms with E-state index in [2.05, 4.69) is 26.2 Å². The normalized spacial score (nSPS) is 10.2. The molecule has 2 aromatic rings. The zero-order valence-corrected chi connectivity index (χ0v) is 12.3. The van der Waals surface area contributed by atoms with Gasteiger partial charge in [0, 0.05) is 11.6 Å². The molecule has 1 heterocycles. The number of rotatable bonds is 4. The van der Waals surface area contributed by atoms with Crippen molar-refractivity contribution in [2.24, 2.45) is 0 Å². The maximum atomic E-state index is 13.4. The second-order valence-corrected chi connectivity index (χ2v) is 4.76. The zero-order chi connectivity index (χ0) is 14.5. The van der Waals surface area contributed by atoms with E-state index in [1.807, 2.05) is 6.92 Å². The number of hydrogen-bond acceptors (Lipinski definition) is 3. The highest BCUT2D eigenvalue weighted by Gasteiger charge is 2.09. The summed E-state index contributed by atoms with van der Waals surface area (Å²) in [7, 11) is 0. The lowest BCUT2D eigenvalue weighted by Gasteiger charge is -2.07. The maximum Gasteiger partial charge on any atom is 0.255 e. The number of aromatic nitrogens is 1. The Morgan fingerprint density at radius 1 is 1.40 bits per heavy atom. The standard InChI is InChI=1S/C14H12BrFN2O2/c1-2-20-13-6-4-10(8-17-13)18-14(19)9-3-5-11(15)12(16)7-9/h3-8H,2H2,1H3,(H,18,19). The number of pyridine rings is 1. The summed E-state index contributed by atoms with van der Waals surface area (Å²) in [5.74, 6) is -0.398. The molecule has 0 saturated heterocycles. The number of carbonyl (C=O) groups excluding carboxylic acids is 1. The summed E-state index contributed by atoms with van der Waals surface area (Å²) in [6, 6.07) is 7.51. The molecule has 1 N–H and O–H groups in total. The number of halogens is 2. The van der Waals surface area contributed by atoms with Gasteiger partial charge in [-0.15, -0.1) is 0 Å². The highest BCUT2D eigenvalue weighted by molar-refractivity contribution is 9.10. The van der Waals surface area contributed by atoms with Crippen LogP contribution in [-0.4, -0.2) is 17.5 Å². The Balaban J connectivity index is 2.08. The van der Waals surface area contributed by atoms with Gasteiger partial charge in [-0.1, -0.05) is 0 Å². The molecule has 0 aliphatic rings. The molecule has 20 heavy (non-hydrogen) atoms. The molecule has 6 heteroatoms. The van der Waals surface area contributed by atoms with Gasteiger partial charge in [-0.05, 0) is 47.1 Å². The van der Waals surface area contributed by atoms with Crippen LogP contribution in [-0.2, 0) is 0 Å². The lowest BCUT2D eigenvalue weighted by Crippen LogP contribution is -2.12. The molecule has 0 saturated carbocycles. The van der Waals surface area contributed by atoms with Crippen molar-refractivity contribution in [2.45, 2.75) is 6.92 Å². The molecular formula is C14H12BrFN2O2. The summed E-state index contributed by atoms with van der Waals surface area (Å²) in [6.45, 7) is 2.39. The number of amides is 1. The molecule has 2 rings (SSSR count). The van der Waals surface area contributed by atoms with Crippen LogP contribution in [0, 0.1) is 5.82 Å². The van der Waals surface area contributed by atoms with Crippen LogP contribution in [0.1, 0.15) is 17.3 Å². The van der Waals surface area contributed by atoms with Crippen molar-refractivity contribution in [2.75, 3.05) is 11.9 Å². The third kappa shape index (κ3) is 3.54. The predicted molar refractivity (Wildman–Crippen MR) is 77.5 cm³/mol. The molecule has 1 aromatic carbocycles. The van der Waals surface area contributed by atoms with Crippen molar-refractivity contribution in [3.8, 4) is 5.88 Å². The van der Waals surface area contributed by atoms with E-state index in [-0.39, 0.29) is 5.56 Å². The number of ether oxygens (including phenoxy) is 1. The van der Waals surface area contributed by atoms with Crippen LogP contribution in [0.5, 0.6) is 5.88 Å². The first kappa shape index (κ1) is 14.5. The van der Waals surface area contributed by atoms with Crippen molar-refractivity contribution in [3.05, 3.63) is 52.4 Å². The number of anilines is 1. The molecule has 0 atom stereocenters. The highest BCUT2D eigenvalue weighted by Crippen LogP contribution is 2.18. The van der Waals surface area contributed by atoms with Crippen LogP contribution in [0.25, 0.3) is 0 Å². The summed E-state index contributed by atoms with van der Waals surface area (Å²) in [5.41, 5.74) is 0.751. The maximum absolute atomic E-state index is 13.4. The minimum absolute atomic E-state index is 0.236. The molecule has 0 bridgehead atoms. The van der Waals surface area contributed by atoms with E-state index >= 15 is 0 Å². The van der Waals surface area contributed by atoms with Crippen molar-refractivity contribution < 1.29 is 13.9 Å². The lowest BCUT2D eigenvalue weighted by molar-refractivity contribution is 0.102. The lowest BCUT2D eigenvalue weighted by atomic mass is 10.2. The van der Waals surface area contributed by atoms with Gasteiger partial charge < -0.3 is 10.1 Å². The fourth-order valence-electron chi connectivity index (χ4n) is 1.53. The van der Waals surface area contributed by atoms with Gasteiger partial charge >= 0.3 is 0 Å². The van der Waals surface area contributed by atoms with Gasteiger partial charge in [-0.3, -0.25) is 4.79 Å². The van der Waals surface area contributed by atoms with E-state index in [1.165, 1.54) is 24.4 Å². The van der Waals surface area contributed by atoms with Crippen molar-refractivity contribution in [3.63, 3.8) is 0 Å². The third-order valence-electron chi connectivity index (χ3n) is 2.47. The minimum atomic E-state index is -0.484. The van der Waals surface area contributed by atoms with E-state index in [9.17, 15) is 9.18 Å². The van der Waals surface area contributed by atoms with Gasteiger partial charge in [0.1, 0.15) is 5.82 Å². The van der Waals surface area contributed by atoms with Crippen LogP contribution in [0.2, 0.25) is 0 Å². The van der Waals surface area contributed by atoms with Crippen molar-refractivity contribution >= 4 is 27.5 Å². The third-order valence-corrected chi connectivity index (χ3v) is 3.11. The fourth-order valence-corrected chi connectivity index (χ4v) is 1.77. The fraction of sp³-hybridized carbons (Fsp3) is 0.143. The Bertz CT molecular complexity index is 617. The average molecular weight is 339 g/mol.